The van der Waals surface area contributed by atoms with Gasteiger partial charge in [0.2, 0.25) is 0 Å². The molecule has 1 unspecified atom stereocenters. The highest BCUT2D eigenvalue weighted by Gasteiger charge is 2.39. The van der Waals surface area contributed by atoms with Gasteiger partial charge in [-0.15, -0.1) is 0 Å². The van der Waals surface area contributed by atoms with Crippen molar-refractivity contribution >= 4 is 0 Å². The lowest BCUT2D eigenvalue weighted by atomic mass is 9.70. The molecule has 1 N–H and O–H groups in total. The first-order chi connectivity index (χ1) is 5.33. The zero-order valence-corrected chi connectivity index (χ0v) is 7.53. The van der Waals surface area contributed by atoms with E-state index in [1.54, 1.807) is 0 Å². The Balaban J connectivity index is 2.07. The molecule has 1 atom stereocenters. The first-order valence-electron chi connectivity index (χ1n) is 5.04. The van der Waals surface area contributed by atoms with Crippen LogP contribution in [0.25, 0.3) is 0 Å². The minimum atomic E-state index is 0.769. The van der Waals surface area contributed by atoms with E-state index >= 15 is 0 Å². The Morgan fingerprint density at radius 2 is 1.91 bits per heavy atom. The van der Waals surface area contributed by atoms with Gasteiger partial charge in [-0.05, 0) is 43.7 Å². The Morgan fingerprint density at radius 3 is 2.55 bits per heavy atom. The van der Waals surface area contributed by atoms with E-state index in [2.05, 4.69) is 12.2 Å². The summed E-state index contributed by atoms with van der Waals surface area (Å²) in [5.74, 6) is 0.929. The second kappa shape index (κ2) is 2.78. The molecule has 0 aromatic carbocycles. The summed E-state index contributed by atoms with van der Waals surface area (Å²) >= 11 is 0. The lowest BCUT2D eigenvalue weighted by Crippen LogP contribution is -2.42. The highest BCUT2D eigenvalue weighted by molar-refractivity contribution is 4.92. The average Bonchev–Trinajstić information content (AvgIpc) is 2.46. The van der Waals surface area contributed by atoms with Crippen molar-refractivity contribution in [3.05, 3.63) is 0 Å². The zero-order valence-electron chi connectivity index (χ0n) is 7.53. The fourth-order valence-corrected chi connectivity index (χ4v) is 2.94. The molecular formula is C10H19N. The van der Waals surface area contributed by atoms with Crippen molar-refractivity contribution in [2.75, 3.05) is 13.1 Å². The van der Waals surface area contributed by atoms with Gasteiger partial charge in [-0.2, -0.15) is 0 Å². The maximum atomic E-state index is 3.49. The van der Waals surface area contributed by atoms with E-state index in [0.29, 0.717) is 0 Å². The van der Waals surface area contributed by atoms with E-state index in [1.165, 1.54) is 45.2 Å². The van der Waals surface area contributed by atoms with Crippen LogP contribution in [0.15, 0.2) is 0 Å². The largest absolute Gasteiger partial charge is 0.316 e. The fraction of sp³-hybridized carbons (Fsp3) is 1.00. The molecule has 1 spiro atoms. The molecule has 1 saturated heterocycles. The molecule has 0 aromatic rings. The number of rotatable bonds is 0. The van der Waals surface area contributed by atoms with Crippen LogP contribution in [-0.4, -0.2) is 13.1 Å². The molecule has 64 valence electrons. The van der Waals surface area contributed by atoms with Crippen LogP contribution in [0.2, 0.25) is 0 Å². The lowest BCUT2D eigenvalue weighted by Gasteiger charge is -2.40. The topological polar surface area (TPSA) is 12.0 Å². The van der Waals surface area contributed by atoms with Gasteiger partial charge in [0.05, 0.1) is 0 Å². The van der Waals surface area contributed by atoms with E-state index in [1.807, 2.05) is 0 Å². The molecule has 1 aliphatic heterocycles. The molecule has 2 aliphatic rings. The van der Waals surface area contributed by atoms with E-state index in [4.69, 9.17) is 0 Å². The Kier molecular flexibility index (Phi) is 1.92. The van der Waals surface area contributed by atoms with E-state index < -0.39 is 0 Å². The van der Waals surface area contributed by atoms with Crippen molar-refractivity contribution in [1.82, 2.24) is 5.32 Å². The molecule has 0 radical (unpaired) electrons. The van der Waals surface area contributed by atoms with Gasteiger partial charge in [0.15, 0.2) is 0 Å². The van der Waals surface area contributed by atoms with Crippen molar-refractivity contribution in [1.29, 1.82) is 0 Å². The van der Waals surface area contributed by atoms with Crippen LogP contribution in [-0.2, 0) is 0 Å². The average molecular weight is 153 g/mol. The van der Waals surface area contributed by atoms with Crippen molar-refractivity contribution in [3.63, 3.8) is 0 Å². The number of piperidine rings is 1. The van der Waals surface area contributed by atoms with Crippen LogP contribution >= 0.6 is 0 Å². The molecule has 0 bridgehead atoms. The highest BCUT2D eigenvalue weighted by atomic mass is 14.9. The molecular weight excluding hydrogens is 134 g/mol. The summed E-state index contributed by atoms with van der Waals surface area (Å²) in [6, 6.07) is 0. The van der Waals surface area contributed by atoms with Gasteiger partial charge >= 0.3 is 0 Å². The van der Waals surface area contributed by atoms with E-state index in [-0.39, 0.29) is 0 Å². The molecule has 1 heteroatoms. The van der Waals surface area contributed by atoms with Crippen LogP contribution in [0.5, 0.6) is 0 Å². The number of hydrogen-bond acceptors (Lipinski definition) is 1. The molecule has 2 fully saturated rings. The summed E-state index contributed by atoms with van der Waals surface area (Å²) in [6.45, 7) is 4.96. The van der Waals surface area contributed by atoms with E-state index in [9.17, 15) is 0 Å². The number of hydrogen-bond donors (Lipinski definition) is 1. The normalized spacial score (nSPS) is 36.3. The second-order valence-corrected chi connectivity index (χ2v) is 4.42. The van der Waals surface area contributed by atoms with Crippen LogP contribution in [0.1, 0.15) is 39.0 Å². The van der Waals surface area contributed by atoms with Crippen molar-refractivity contribution in [2.24, 2.45) is 11.3 Å². The standard InChI is InChI=1S/C10H19N/c1-9-8-11-7-6-10(9)4-2-3-5-10/h9,11H,2-8H2,1H3. The zero-order chi connectivity index (χ0) is 7.73. The van der Waals surface area contributed by atoms with Crippen LogP contribution in [0, 0.1) is 11.3 Å². The monoisotopic (exact) mass is 153 g/mol. The first kappa shape index (κ1) is 7.60. The number of nitrogens with one attached hydrogen (secondary N) is 1. The Hall–Kier alpha value is -0.0400. The molecule has 11 heavy (non-hydrogen) atoms. The summed E-state index contributed by atoms with van der Waals surface area (Å²) in [4.78, 5) is 0. The summed E-state index contributed by atoms with van der Waals surface area (Å²) in [5, 5.41) is 3.49. The molecule has 1 saturated carbocycles. The molecule has 0 amide bonds. The van der Waals surface area contributed by atoms with Crippen molar-refractivity contribution in [2.45, 2.75) is 39.0 Å². The third kappa shape index (κ3) is 1.20. The smallest absolute Gasteiger partial charge is 0.00178 e. The quantitative estimate of drug-likeness (QED) is 0.562. The Bertz CT molecular complexity index is 136. The van der Waals surface area contributed by atoms with Gasteiger partial charge in [-0.1, -0.05) is 19.8 Å². The van der Waals surface area contributed by atoms with Crippen LogP contribution in [0.3, 0.4) is 0 Å². The maximum absolute atomic E-state index is 3.49. The van der Waals surface area contributed by atoms with Crippen molar-refractivity contribution in [3.8, 4) is 0 Å². The summed E-state index contributed by atoms with van der Waals surface area (Å²) in [7, 11) is 0. The molecule has 1 heterocycles. The van der Waals surface area contributed by atoms with Crippen LogP contribution in [0.4, 0.5) is 0 Å². The first-order valence-corrected chi connectivity index (χ1v) is 5.04. The van der Waals surface area contributed by atoms with Gasteiger partial charge < -0.3 is 5.32 Å². The highest BCUT2D eigenvalue weighted by Crippen LogP contribution is 2.47. The predicted molar refractivity (Wildman–Crippen MR) is 47.6 cm³/mol. The summed E-state index contributed by atoms with van der Waals surface area (Å²) in [5.41, 5.74) is 0.769. The second-order valence-electron chi connectivity index (χ2n) is 4.42. The third-order valence-corrected chi connectivity index (χ3v) is 3.89. The molecule has 1 aliphatic carbocycles. The molecule has 0 aromatic heterocycles. The van der Waals surface area contributed by atoms with Crippen LogP contribution < -0.4 is 5.32 Å². The van der Waals surface area contributed by atoms with Gasteiger partial charge in [0, 0.05) is 0 Å². The van der Waals surface area contributed by atoms with E-state index in [0.717, 1.165) is 11.3 Å². The predicted octanol–water partition coefficient (Wildman–Crippen LogP) is 2.18. The van der Waals surface area contributed by atoms with Gasteiger partial charge in [-0.25, -0.2) is 0 Å². The Labute approximate surface area is 69.6 Å². The molecule has 2 rings (SSSR count). The third-order valence-electron chi connectivity index (χ3n) is 3.89. The summed E-state index contributed by atoms with van der Waals surface area (Å²) in [6.07, 6.45) is 7.44. The molecule has 1 nitrogen and oxygen atoms in total. The summed E-state index contributed by atoms with van der Waals surface area (Å²) < 4.78 is 0. The SMILES string of the molecule is CC1CNCCC12CCCC2. The van der Waals surface area contributed by atoms with Gasteiger partial charge in [-0.3, -0.25) is 0 Å². The Morgan fingerprint density at radius 1 is 1.18 bits per heavy atom. The van der Waals surface area contributed by atoms with Gasteiger partial charge in [0.25, 0.3) is 0 Å². The maximum Gasteiger partial charge on any atom is -0.00178 e. The minimum Gasteiger partial charge on any atom is -0.316 e. The lowest BCUT2D eigenvalue weighted by molar-refractivity contribution is 0.129. The van der Waals surface area contributed by atoms with Gasteiger partial charge in [0.1, 0.15) is 0 Å². The van der Waals surface area contributed by atoms with Crippen molar-refractivity contribution < 1.29 is 0 Å². The minimum absolute atomic E-state index is 0.769. The fourth-order valence-electron chi connectivity index (χ4n) is 2.94.